The van der Waals surface area contributed by atoms with Gasteiger partial charge in [0.2, 0.25) is 0 Å². The molecule has 1 rings (SSSR count). The summed E-state index contributed by atoms with van der Waals surface area (Å²) in [7, 11) is 4.43. The van der Waals surface area contributed by atoms with Crippen molar-refractivity contribution in [2.75, 3.05) is 14.1 Å². The maximum Gasteiger partial charge on any atom is 0.00893 e. The van der Waals surface area contributed by atoms with Crippen molar-refractivity contribution in [1.82, 2.24) is 4.90 Å². The fraction of sp³-hybridized carbons (Fsp3) is 1.00. The van der Waals surface area contributed by atoms with Crippen LogP contribution in [0.2, 0.25) is 0 Å². The fourth-order valence-corrected chi connectivity index (χ4v) is 2.36. The molecule has 0 amide bonds. The van der Waals surface area contributed by atoms with Gasteiger partial charge in [-0.05, 0) is 45.7 Å². The van der Waals surface area contributed by atoms with Gasteiger partial charge >= 0.3 is 0 Å². The second kappa shape index (κ2) is 4.86. The standard InChI is InChI=1S/C11H23N/c1-4-5-10-6-8-11(9-7-10)12(2)3/h10-11H,4-9H2,1-3H3. The molecule has 0 unspecified atom stereocenters. The highest BCUT2D eigenvalue weighted by Gasteiger charge is 2.21. The molecular weight excluding hydrogens is 146 g/mol. The van der Waals surface area contributed by atoms with Crippen LogP contribution in [-0.4, -0.2) is 25.0 Å². The van der Waals surface area contributed by atoms with E-state index in [4.69, 9.17) is 0 Å². The second-order valence-corrected chi connectivity index (χ2v) is 4.43. The minimum atomic E-state index is 0.873. The molecule has 0 aromatic carbocycles. The number of nitrogens with zero attached hydrogens (tertiary/aromatic N) is 1. The van der Waals surface area contributed by atoms with Crippen LogP contribution in [0.4, 0.5) is 0 Å². The van der Waals surface area contributed by atoms with Crippen molar-refractivity contribution in [3.05, 3.63) is 0 Å². The monoisotopic (exact) mass is 169 g/mol. The molecule has 0 bridgehead atoms. The van der Waals surface area contributed by atoms with E-state index >= 15 is 0 Å². The van der Waals surface area contributed by atoms with Gasteiger partial charge < -0.3 is 4.90 Å². The van der Waals surface area contributed by atoms with E-state index in [2.05, 4.69) is 25.9 Å². The van der Waals surface area contributed by atoms with Gasteiger partial charge in [-0.25, -0.2) is 0 Å². The van der Waals surface area contributed by atoms with Crippen molar-refractivity contribution < 1.29 is 0 Å². The lowest BCUT2D eigenvalue weighted by Crippen LogP contribution is -2.32. The first-order valence-electron chi connectivity index (χ1n) is 5.40. The van der Waals surface area contributed by atoms with E-state index in [1.807, 2.05) is 0 Å². The van der Waals surface area contributed by atoms with Crippen molar-refractivity contribution in [3.63, 3.8) is 0 Å². The smallest absolute Gasteiger partial charge is 0.00893 e. The predicted octanol–water partition coefficient (Wildman–Crippen LogP) is 2.91. The molecule has 72 valence electrons. The topological polar surface area (TPSA) is 3.24 Å². The van der Waals surface area contributed by atoms with E-state index in [0.717, 1.165) is 12.0 Å². The van der Waals surface area contributed by atoms with Gasteiger partial charge in [0, 0.05) is 6.04 Å². The Morgan fingerprint density at radius 1 is 1.08 bits per heavy atom. The third kappa shape index (κ3) is 2.78. The second-order valence-electron chi connectivity index (χ2n) is 4.43. The first kappa shape index (κ1) is 10.0. The molecule has 0 aromatic heterocycles. The highest BCUT2D eigenvalue weighted by Crippen LogP contribution is 2.29. The van der Waals surface area contributed by atoms with E-state index in [9.17, 15) is 0 Å². The summed E-state index contributed by atoms with van der Waals surface area (Å²) in [4.78, 5) is 2.39. The molecule has 0 atom stereocenters. The Kier molecular flexibility index (Phi) is 4.07. The van der Waals surface area contributed by atoms with Crippen LogP contribution in [0, 0.1) is 5.92 Å². The largest absolute Gasteiger partial charge is 0.306 e. The number of hydrogen-bond acceptors (Lipinski definition) is 1. The minimum absolute atomic E-state index is 0.873. The molecule has 12 heavy (non-hydrogen) atoms. The van der Waals surface area contributed by atoms with Crippen LogP contribution < -0.4 is 0 Å². The Bertz CT molecular complexity index is 112. The van der Waals surface area contributed by atoms with E-state index in [0.29, 0.717) is 0 Å². The Morgan fingerprint density at radius 2 is 1.67 bits per heavy atom. The molecule has 1 aliphatic rings. The molecule has 0 spiro atoms. The van der Waals surface area contributed by atoms with Crippen LogP contribution in [0.1, 0.15) is 45.4 Å². The Balaban J connectivity index is 2.20. The van der Waals surface area contributed by atoms with Gasteiger partial charge in [-0.15, -0.1) is 0 Å². The molecule has 1 fully saturated rings. The fourth-order valence-electron chi connectivity index (χ4n) is 2.36. The van der Waals surface area contributed by atoms with Crippen molar-refractivity contribution >= 4 is 0 Å². The predicted molar refractivity (Wildman–Crippen MR) is 54.3 cm³/mol. The average molecular weight is 169 g/mol. The lowest BCUT2D eigenvalue weighted by Gasteiger charge is -2.32. The lowest BCUT2D eigenvalue weighted by atomic mass is 9.83. The van der Waals surface area contributed by atoms with Crippen molar-refractivity contribution in [2.45, 2.75) is 51.5 Å². The number of rotatable bonds is 3. The zero-order chi connectivity index (χ0) is 8.97. The summed E-state index contributed by atoms with van der Waals surface area (Å²) in [6.07, 6.45) is 8.63. The average Bonchev–Trinajstić information content (AvgIpc) is 2.06. The van der Waals surface area contributed by atoms with Crippen molar-refractivity contribution in [3.8, 4) is 0 Å². The lowest BCUT2D eigenvalue weighted by molar-refractivity contribution is 0.188. The zero-order valence-electron chi connectivity index (χ0n) is 8.84. The summed E-state index contributed by atoms with van der Waals surface area (Å²) in [6, 6.07) is 0.873. The summed E-state index contributed by atoms with van der Waals surface area (Å²) in [5, 5.41) is 0. The van der Waals surface area contributed by atoms with Crippen molar-refractivity contribution in [1.29, 1.82) is 0 Å². The molecule has 0 aromatic rings. The molecule has 0 radical (unpaired) electrons. The van der Waals surface area contributed by atoms with Crippen LogP contribution in [0.15, 0.2) is 0 Å². The normalized spacial score (nSPS) is 31.0. The van der Waals surface area contributed by atoms with Gasteiger partial charge in [-0.3, -0.25) is 0 Å². The highest BCUT2D eigenvalue weighted by atomic mass is 15.1. The molecule has 1 nitrogen and oxygen atoms in total. The van der Waals surface area contributed by atoms with E-state index < -0.39 is 0 Å². The minimum Gasteiger partial charge on any atom is -0.306 e. The maximum atomic E-state index is 2.39. The summed E-state index contributed by atoms with van der Waals surface area (Å²) in [6.45, 7) is 2.30. The van der Waals surface area contributed by atoms with E-state index in [-0.39, 0.29) is 0 Å². The SMILES string of the molecule is CCCC1CCC(N(C)C)CC1. The summed E-state index contributed by atoms with van der Waals surface area (Å²) < 4.78 is 0. The summed E-state index contributed by atoms with van der Waals surface area (Å²) >= 11 is 0. The van der Waals surface area contributed by atoms with Crippen LogP contribution in [-0.2, 0) is 0 Å². The molecular formula is C11H23N. The Labute approximate surface area is 77.1 Å². The van der Waals surface area contributed by atoms with Crippen molar-refractivity contribution in [2.24, 2.45) is 5.92 Å². The van der Waals surface area contributed by atoms with Gasteiger partial charge in [-0.2, -0.15) is 0 Å². The maximum absolute atomic E-state index is 2.39. The number of hydrogen-bond donors (Lipinski definition) is 0. The van der Waals surface area contributed by atoms with Gasteiger partial charge in [-0.1, -0.05) is 19.8 Å². The Morgan fingerprint density at radius 3 is 2.08 bits per heavy atom. The molecule has 0 N–H and O–H groups in total. The molecule has 0 heterocycles. The third-order valence-electron chi connectivity index (χ3n) is 3.24. The van der Waals surface area contributed by atoms with Crippen LogP contribution in [0.3, 0.4) is 0 Å². The van der Waals surface area contributed by atoms with E-state index in [1.54, 1.807) is 0 Å². The molecule has 0 aliphatic heterocycles. The van der Waals surface area contributed by atoms with E-state index in [1.165, 1.54) is 38.5 Å². The summed E-state index contributed by atoms with van der Waals surface area (Å²) in [5.74, 6) is 1.05. The van der Waals surface area contributed by atoms with Gasteiger partial charge in [0.1, 0.15) is 0 Å². The molecule has 1 aliphatic carbocycles. The van der Waals surface area contributed by atoms with Crippen LogP contribution in [0.25, 0.3) is 0 Å². The zero-order valence-corrected chi connectivity index (χ0v) is 8.84. The first-order valence-corrected chi connectivity index (χ1v) is 5.40. The molecule has 1 saturated carbocycles. The van der Waals surface area contributed by atoms with Gasteiger partial charge in [0.15, 0.2) is 0 Å². The van der Waals surface area contributed by atoms with Crippen LogP contribution in [0.5, 0.6) is 0 Å². The highest BCUT2D eigenvalue weighted by molar-refractivity contribution is 4.76. The van der Waals surface area contributed by atoms with Crippen LogP contribution >= 0.6 is 0 Å². The third-order valence-corrected chi connectivity index (χ3v) is 3.24. The first-order chi connectivity index (χ1) is 5.74. The Hall–Kier alpha value is -0.0400. The van der Waals surface area contributed by atoms with Gasteiger partial charge in [0.25, 0.3) is 0 Å². The molecule has 1 heteroatoms. The quantitative estimate of drug-likeness (QED) is 0.628. The summed E-state index contributed by atoms with van der Waals surface area (Å²) in [5.41, 5.74) is 0. The molecule has 0 saturated heterocycles. The van der Waals surface area contributed by atoms with Gasteiger partial charge in [0.05, 0.1) is 0 Å².